The Balaban J connectivity index is 2.83. The molecule has 0 aliphatic heterocycles. The van der Waals surface area contributed by atoms with Gasteiger partial charge < -0.3 is 5.73 Å². The predicted octanol–water partition coefficient (Wildman–Crippen LogP) is 2.85. The molecular weight excluding hydrogens is 198 g/mol. The van der Waals surface area contributed by atoms with E-state index in [1.54, 1.807) is 0 Å². The number of aldehydes is 1. The van der Waals surface area contributed by atoms with Gasteiger partial charge in [0.25, 0.3) is 0 Å². The molecule has 0 aliphatic rings. The highest BCUT2D eigenvalue weighted by Gasteiger charge is 2.19. The maximum atomic E-state index is 11.2. The first kappa shape index (κ1) is 10.8. The third-order valence-electron chi connectivity index (χ3n) is 2.78. The molecule has 82 valence electrons. The highest BCUT2D eigenvalue weighted by atomic mass is 16.1. The second-order valence-electron chi connectivity index (χ2n) is 4.59. The zero-order valence-electron chi connectivity index (χ0n) is 9.53. The number of benzene rings is 2. The molecule has 2 aromatic carbocycles. The van der Waals surface area contributed by atoms with Crippen LogP contribution in [0.1, 0.15) is 29.8 Å². The van der Waals surface area contributed by atoms with E-state index in [-0.39, 0.29) is 0 Å². The minimum Gasteiger partial charge on any atom is -0.322 e. The summed E-state index contributed by atoms with van der Waals surface area (Å²) in [5.41, 5.74) is 7.16. The molecule has 0 saturated carbocycles. The second-order valence-corrected chi connectivity index (χ2v) is 4.59. The van der Waals surface area contributed by atoms with Crippen LogP contribution in [0.5, 0.6) is 0 Å². The van der Waals surface area contributed by atoms with Crippen molar-refractivity contribution < 1.29 is 4.79 Å². The fourth-order valence-electron chi connectivity index (χ4n) is 1.98. The molecule has 0 bridgehead atoms. The number of nitrogens with two attached hydrogens (primary N) is 1. The highest BCUT2D eigenvalue weighted by Crippen LogP contribution is 2.27. The van der Waals surface area contributed by atoms with Gasteiger partial charge >= 0.3 is 0 Å². The Bertz CT molecular complexity index is 538. The van der Waals surface area contributed by atoms with Crippen LogP contribution in [0.2, 0.25) is 0 Å². The lowest BCUT2D eigenvalue weighted by molar-refractivity contribution is 0.112. The Labute approximate surface area is 95.1 Å². The standard InChI is InChI=1S/C14H15NO/c1-14(2,15)13-8-7-10-5-3-4-6-11(10)12(13)9-16/h3-9H,15H2,1-2H3. The zero-order chi connectivity index (χ0) is 11.8. The predicted molar refractivity (Wildman–Crippen MR) is 66.5 cm³/mol. The van der Waals surface area contributed by atoms with Crippen LogP contribution in [0.25, 0.3) is 10.8 Å². The molecule has 2 rings (SSSR count). The van der Waals surface area contributed by atoms with Gasteiger partial charge in [0, 0.05) is 11.1 Å². The minimum atomic E-state index is -0.500. The summed E-state index contributed by atoms with van der Waals surface area (Å²) in [4.78, 5) is 11.2. The molecule has 0 aliphatic carbocycles. The van der Waals surface area contributed by atoms with Crippen LogP contribution in [0, 0.1) is 0 Å². The van der Waals surface area contributed by atoms with Gasteiger partial charge in [-0.2, -0.15) is 0 Å². The van der Waals surface area contributed by atoms with Crippen LogP contribution in [-0.4, -0.2) is 6.29 Å². The van der Waals surface area contributed by atoms with Crippen molar-refractivity contribution in [2.45, 2.75) is 19.4 Å². The summed E-state index contributed by atoms with van der Waals surface area (Å²) in [6.45, 7) is 3.81. The lowest BCUT2D eigenvalue weighted by Crippen LogP contribution is -2.30. The number of hydrogen-bond acceptors (Lipinski definition) is 2. The number of carbonyl (C=O) groups excluding carboxylic acids is 1. The number of rotatable bonds is 2. The van der Waals surface area contributed by atoms with Crippen LogP contribution in [-0.2, 0) is 5.54 Å². The first-order valence-corrected chi connectivity index (χ1v) is 5.30. The molecule has 2 heteroatoms. The van der Waals surface area contributed by atoms with Gasteiger partial charge in [-0.15, -0.1) is 0 Å². The van der Waals surface area contributed by atoms with Crippen molar-refractivity contribution in [1.82, 2.24) is 0 Å². The van der Waals surface area contributed by atoms with Crippen LogP contribution < -0.4 is 5.73 Å². The Morgan fingerprint density at radius 2 is 1.81 bits per heavy atom. The van der Waals surface area contributed by atoms with Gasteiger partial charge in [-0.05, 0) is 30.2 Å². The van der Waals surface area contributed by atoms with E-state index in [2.05, 4.69) is 0 Å². The molecule has 0 aromatic heterocycles. The normalized spacial score (nSPS) is 11.7. The van der Waals surface area contributed by atoms with Gasteiger partial charge in [0.05, 0.1) is 0 Å². The van der Waals surface area contributed by atoms with E-state index in [0.717, 1.165) is 22.6 Å². The van der Waals surface area contributed by atoms with E-state index in [9.17, 15) is 4.79 Å². The quantitative estimate of drug-likeness (QED) is 0.779. The van der Waals surface area contributed by atoms with E-state index < -0.39 is 5.54 Å². The van der Waals surface area contributed by atoms with Crippen molar-refractivity contribution in [3.8, 4) is 0 Å². The molecular formula is C14H15NO. The molecule has 0 fully saturated rings. The summed E-state index contributed by atoms with van der Waals surface area (Å²) in [6, 6.07) is 11.8. The number of fused-ring (bicyclic) bond motifs is 1. The maximum Gasteiger partial charge on any atom is 0.151 e. The van der Waals surface area contributed by atoms with Crippen LogP contribution in [0.4, 0.5) is 0 Å². The summed E-state index contributed by atoms with van der Waals surface area (Å²) in [7, 11) is 0. The molecule has 2 aromatic rings. The third-order valence-corrected chi connectivity index (χ3v) is 2.78. The fourth-order valence-corrected chi connectivity index (χ4v) is 1.98. The summed E-state index contributed by atoms with van der Waals surface area (Å²) < 4.78 is 0. The Hall–Kier alpha value is -1.67. The topological polar surface area (TPSA) is 43.1 Å². The van der Waals surface area contributed by atoms with Crippen LogP contribution >= 0.6 is 0 Å². The van der Waals surface area contributed by atoms with Crippen LogP contribution in [0.3, 0.4) is 0 Å². The van der Waals surface area contributed by atoms with Gasteiger partial charge in [0.15, 0.2) is 6.29 Å². The number of carbonyl (C=O) groups is 1. The average Bonchev–Trinajstić information content (AvgIpc) is 2.26. The van der Waals surface area contributed by atoms with Gasteiger partial charge in [0.2, 0.25) is 0 Å². The van der Waals surface area contributed by atoms with Crippen molar-refractivity contribution in [2.24, 2.45) is 5.73 Å². The Morgan fingerprint density at radius 3 is 2.44 bits per heavy atom. The SMILES string of the molecule is CC(C)(N)c1ccc2ccccc2c1C=O. The molecule has 16 heavy (non-hydrogen) atoms. The smallest absolute Gasteiger partial charge is 0.151 e. The summed E-state index contributed by atoms with van der Waals surface area (Å²) in [5, 5.41) is 2.03. The van der Waals surface area contributed by atoms with E-state index in [4.69, 9.17) is 5.73 Å². The fraction of sp³-hybridized carbons (Fsp3) is 0.214. The van der Waals surface area contributed by atoms with Crippen molar-refractivity contribution in [3.05, 3.63) is 47.5 Å². The molecule has 0 saturated heterocycles. The Morgan fingerprint density at radius 1 is 1.12 bits per heavy atom. The van der Waals surface area contributed by atoms with Gasteiger partial charge in [-0.25, -0.2) is 0 Å². The molecule has 0 unspecified atom stereocenters. The van der Waals surface area contributed by atoms with E-state index in [1.807, 2.05) is 50.2 Å². The zero-order valence-corrected chi connectivity index (χ0v) is 9.53. The first-order chi connectivity index (χ1) is 7.54. The second kappa shape index (κ2) is 3.72. The highest BCUT2D eigenvalue weighted by molar-refractivity contribution is 5.99. The van der Waals surface area contributed by atoms with Crippen molar-refractivity contribution >= 4 is 17.1 Å². The summed E-state index contributed by atoms with van der Waals surface area (Å²) in [6.07, 6.45) is 0.895. The largest absolute Gasteiger partial charge is 0.322 e. The van der Waals surface area contributed by atoms with Gasteiger partial charge in [-0.1, -0.05) is 36.4 Å². The van der Waals surface area contributed by atoms with Crippen LogP contribution in [0.15, 0.2) is 36.4 Å². The van der Waals surface area contributed by atoms with E-state index in [0.29, 0.717) is 5.56 Å². The average molecular weight is 213 g/mol. The molecule has 0 spiro atoms. The third kappa shape index (κ3) is 1.72. The Kier molecular flexibility index (Phi) is 2.52. The van der Waals surface area contributed by atoms with Crippen molar-refractivity contribution in [3.63, 3.8) is 0 Å². The molecule has 2 N–H and O–H groups in total. The van der Waals surface area contributed by atoms with Crippen molar-refractivity contribution in [2.75, 3.05) is 0 Å². The molecule has 0 amide bonds. The number of hydrogen-bond donors (Lipinski definition) is 1. The lowest BCUT2D eigenvalue weighted by Gasteiger charge is -2.22. The molecule has 0 heterocycles. The minimum absolute atomic E-state index is 0.500. The molecule has 0 atom stereocenters. The molecule has 2 nitrogen and oxygen atoms in total. The van der Waals surface area contributed by atoms with Gasteiger partial charge in [-0.3, -0.25) is 4.79 Å². The maximum absolute atomic E-state index is 11.2. The monoisotopic (exact) mass is 213 g/mol. The first-order valence-electron chi connectivity index (χ1n) is 5.30. The summed E-state index contributed by atoms with van der Waals surface area (Å²) in [5.74, 6) is 0. The molecule has 0 radical (unpaired) electrons. The van der Waals surface area contributed by atoms with E-state index >= 15 is 0 Å². The van der Waals surface area contributed by atoms with Crippen molar-refractivity contribution in [1.29, 1.82) is 0 Å². The van der Waals surface area contributed by atoms with E-state index in [1.165, 1.54) is 0 Å². The lowest BCUT2D eigenvalue weighted by atomic mass is 9.88. The summed E-state index contributed by atoms with van der Waals surface area (Å²) >= 11 is 0. The van der Waals surface area contributed by atoms with Gasteiger partial charge in [0.1, 0.15) is 0 Å².